The zero-order valence-electron chi connectivity index (χ0n) is 12.0. The van der Waals surface area contributed by atoms with Crippen LogP contribution in [0.1, 0.15) is 17.0 Å². The number of hydrogen-bond acceptors (Lipinski definition) is 4. The smallest absolute Gasteiger partial charge is 0.263 e. The summed E-state index contributed by atoms with van der Waals surface area (Å²) in [6.07, 6.45) is 0. The van der Waals surface area contributed by atoms with Gasteiger partial charge in [0, 0.05) is 6.54 Å². The fourth-order valence-corrected chi connectivity index (χ4v) is 3.69. The quantitative estimate of drug-likeness (QED) is 0.785. The topological polar surface area (TPSA) is 86.9 Å². The van der Waals surface area contributed by atoms with E-state index in [1.165, 1.54) is 0 Å². The first-order valence-electron chi connectivity index (χ1n) is 6.32. The number of aromatic nitrogens is 2. The molecule has 1 aromatic heterocycles. The average molecular weight is 329 g/mol. The third-order valence-electron chi connectivity index (χ3n) is 3.03. The van der Waals surface area contributed by atoms with Gasteiger partial charge in [-0.05, 0) is 38.6 Å². The van der Waals surface area contributed by atoms with Gasteiger partial charge >= 0.3 is 0 Å². The van der Waals surface area contributed by atoms with E-state index in [1.807, 2.05) is 0 Å². The predicted molar refractivity (Wildman–Crippen MR) is 83.1 cm³/mol. The van der Waals surface area contributed by atoms with Gasteiger partial charge in [0.05, 0.1) is 22.1 Å². The summed E-state index contributed by atoms with van der Waals surface area (Å²) >= 11 is 6.04. The lowest BCUT2D eigenvalue weighted by Gasteiger charge is -2.11. The highest BCUT2D eigenvalue weighted by atomic mass is 35.5. The Hall–Kier alpha value is -1.57. The Bertz CT molecular complexity index is 736. The first-order valence-corrected chi connectivity index (χ1v) is 8.18. The molecule has 6 nitrogen and oxygen atoms in total. The van der Waals surface area contributed by atoms with E-state index in [-0.39, 0.29) is 9.92 Å². The van der Waals surface area contributed by atoms with Gasteiger partial charge in [-0.15, -0.1) is 0 Å². The summed E-state index contributed by atoms with van der Waals surface area (Å²) in [6.45, 7) is 4.03. The van der Waals surface area contributed by atoms with Crippen LogP contribution in [0.15, 0.2) is 23.1 Å². The second-order valence-corrected chi connectivity index (χ2v) is 6.77. The lowest BCUT2D eigenvalue weighted by atomic mass is 10.2. The van der Waals surface area contributed by atoms with Crippen LogP contribution in [0.5, 0.6) is 0 Å². The molecule has 0 unspecified atom stereocenters. The number of anilines is 1. The van der Waals surface area contributed by atoms with E-state index in [4.69, 9.17) is 11.6 Å². The molecule has 1 heterocycles. The van der Waals surface area contributed by atoms with Crippen LogP contribution in [0.4, 0.5) is 5.69 Å². The first kappa shape index (κ1) is 15.8. The molecule has 2 aromatic rings. The molecule has 2 rings (SSSR count). The number of sulfonamides is 1. The Balaban J connectivity index is 2.42. The number of nitrogens with zero attached hydrogens (tertiary/aromatic N) is 1. The molecular weight excluding hydrogens is 312 g/mol. The Morgan fingerprint density at radius 3 is 2.62 bits per heavy atom. The van der Waals surface area contributed by atoms with Crippen molar-refractivity contribution in [2.75, 3.05) is 11.8 Å². The van der Waals surface area contributed by atoms with Crippen LogP contribution in [-0.4, -0.2) is 25.7 Å². The van der Waals surface area contributed by atoms with Crippen LogP contribution in [0.2, 0.25) is 5.02 Å². The van der Waals surface area contributed by atoms with Gasteiger partial charge in [-0.25, -0.2) is 8.42 Å². The van der Waals surface area contributed by atoms with E-state index < -0.39 is 10.0 Å². The molecule has 0 aliphatic carbocycles. The molecule has 8 heteroatoms. The number of rotatable bonds is 5. The molecule has 0 aliphatic rings. The van der Waals surface area contributed by atoms with Gasteiger partial charge in [-0.3, -0.25) is 9.82 Å². The second kappa shape index (κ2) is 6.05. The number of benzene rings is 1. The summed E-state index contributed by atoms with van der Waals surface area (Å²) in [4.78, 5) is 0.0527. The van der Waals surface area contributed by atoms with E-state index in [0.717, 1.165) is 5.56 Å². The maximum absolute atomic E-state index is 12.5. The molecule has 0 atom stereocenters. The summed E-state index contributed by atoms with van der Waals surface area (Å²) in [7, 11) is -1.98. The van der Waals surface area contributed by atoms with Gasteiger partial charge in [0.25, 0.3) is 10.0 Å². The van der Waals surface area contributed by atoms with Gasteiger partial charge in [-0.2, -0.15) is 5.10 Å². The maximum Gasteiger partial charge on any atom is 0.263 e. The number of aryl methyl sites for hydroxylation is 2. The van der Waals surface area contributed by atoms with Crippen LogP contribution in [0.3, 0.4) is 0 Å². The largest absolute Gasteiger partial charge is 0.316 e. The normalized spacial score (nSPS) is 11.6. The van der Waals surface area contributed by atoms with E-state index in [1.54, 1.807) is 39.1 Å². The third-order valence-corrected chi connectivity index (χ3v) is 4.86. The maximum atomic E-state index is 12.5. The van der Waals surface area contributed by atoms with Crippen molar-refractivity contribution in [3.63, 3.8) is 0 Å². The highest BCUT2D eigenvalue weighted by Gasteiger charge is 2.21. The van der Waals surface area contributed by atoms with Gasteiger partial charge in [0.1, 0.15) is 4.90 Å². The lowest BCUT2D eigenvalue weighted by Crippen LogP contribution is -2.15. The molecule has 0 fully saturated rings. The minimum absolute atomic E-state index is 0.0527. The SMILES string of the molecule is CNCc1ccc(Cl)c(S(=O)(=O)Nc2c(C)n[nH]c2C)c1. The standard InChI is InChI=1S/C13H17ClN4O2S/c1-8-13(9(2)17-16-8)18-21(19,20)12-6-10(7-15-3)4-5-11(12)14/h4-6,15,18H,7H2,1-3H3,(H,16,17). The monoisotopic (exact) mass is 328 g/mol. The van der Waals surface area contributed by atoms with Crippen LogP contribution < -0.4 is 10.0 Å². The average Bonchev–Trinajstić information content (AvgIpc) is 2.72. The summed E-state index contributed by atoms with van der Waals surface area (Å²) in [6, 6.07) is 4.93. The minimum Gasteiger partial charge on any atom is -0.316 e. The Kier molecular flexibility index (Phi) is 4.55. The molecule has 21 heavy (non-hydrogen) atoms. The van der Waals surface area contributed by atoms with Crippen molar-refractivity contribution < 1.29 is 8.42 Å². The van der Waals surface area contributed by atoms with Crippen molar-refractivity contribution >= 4 is 27.3 Å². The molecular formula is C13H17ClN4O2S. The van der Waals surface area contributed by atoms with E-state index in [0.29, 0.717) is 23.6 Å². The van der Waals surface area contributed by atoms with Gasteiger partial charge in [0.2, 0.25) is 0 Å². The fourth-order valence-electron chi connectivity index (χ4n) is 1.96. The number of hydrogen-bond donors (Lipinski definition) is 3. The molecule has 0 saturated heterocycles. The highest BCUT2D eigenvalue weighted by molar-refractivity contribution is 7.92. The molecule has 0 bridgehead atoms. The van der Waals surface area contributed by atoms with E-state index in [2.05, 4.69) is 20.2 Å². The third kappa shape index (κ3) is 3.37. The number of halogens is 1. The van der Waals surface area contributed by atoms with Crippen molar-refractivity contribution in [1.29, 1.82) is 0 Å². The van der Waals surface area contributed by atoms with Crippen LogP contribution in [0, 0.1) is 13.8 Å². The summed E-state index contributed by atoms with van der Waals surface area (Å²) in [5.74, 6) is 0. The number of aromatic amines is 1. The Labute approximate surface area is 129 Å². The molecule has 0 saturated carbocycles. The molecule has 0 spiro atoms. The molecule has 1 aromatic carbocycles. The predicted octanol–water partition coefficient (Wildman–Crippen LogP) is 2.20. The zero-order valence-corrected chi connectivity index (χ0v) is 13.6. The van der Waals surface area contributed by atoms with Gasteiger partial charge < -0.3 is 5.32 Å². The highest BCUT2D eigenvalue weighted by Crippen LogP contribution is 2.27. The van der Waals surface area contributed by atoms with E-state index >= 15 is 0 Å². The fraction of sp³-hybridized carbons (Fsp3) is 0.308. The first-order chi connectivity index (χ1) is 9.85. The minimum atomic E-state index is -3.77. The van der Waals surface area contributed by atoms with Crippen molar-refractivity contribution in [2.45, 2.75) is 25.3 Å². The Morgan fingerprint density at radius 1 is 1.33 bits per heavy atom. The summed E-state index contributed by atoms with van der Waals surface area (Å²) in [5.41, 5.74) is 2.52. The lowest BCUT2D eigenvalue weighted by molar-refractivity contribution is 0.601. The number of H-pyrrole nitrogens is 1. The van der Waals surface area contributed by atoms with Gasteiger partial charge in [-0.1, -0.05) is 17.7 Å². The summed E-state index contributed by atoms with van der Waals surface area (Å²) in [5, 5.41) is 9.86. The van der Waals surface area contributed by atoms with Crippen molar-refractivity contribution in [1.82, 2.24) is 15.5 Å². The van der Waals surface area contributed by atoms with E-state index in [9.17, 15) is 8.42 Å². The van der Waals surface area contributed by atoms with Crippen molar-refractivity contribution in [3.8, 4) is 0 Å². The zero-order chi connectivity index (χ0) is 15.6. The molecule has 114 valence electrons. The molecule has 0 amide bonds. The van der Waals surface area contributed by atoms with Crippen molar-refractivity contribution in [2.24, 2.45) is 0 Å². The second-order valence-electron chi connectivity index (χ2n) is 4.71. The molecule has 0 radical (unpaired) electrons. The van der Waals surface area contributed by atoms with Crippen LogP contribution in [0.25, 0.3) is 0 Å². The molecule has 0 aliphatic heterocycles. The summed E-state index contributed by atoms with van der Waals surface area (Å²) < 4.78 is 27.6. The van der Waals surface area contributed by atoms with Crippen molar-refractivity contribution in [3.05, 3.63) is 40.2 Å². The van der Waals surface area contributed by atoms with Crippen LogP contribution >= 0.6 is 11.6 Å². The molecule has 3 N–H and O–H groups in total. The number of nitrogens with one attached hydrogen (secondary N) is 3. The van der Waals surface area contributed by atoms with Crippen LogP contribution in [-0.2, 0) is 16.6 Å². The Morgan fingerprint density at radius 2 is 2.05 bits per heavy atom. The van der Waals surface area contributed by atoms with Gasteiger partial charge in [0.15, 0.2) is 0 Å².